The minimum Gasteiger partial charge on any atom is -0.441 e. The van der Waals surface area contributed by atoms with Crippen molar-refractivity contribution in [2.45, 2.75) is 6.92 Å². The Bertz CT molecular complexity index is 533. The van der Waals surface area contributed by atoms with Gasteiger partial charge in [0.25, 0.3) is 0 Å². The summed E-state index contributed by atoms with van der Waals surface area (Å²) in [6, 6.07) is 5.41. The molecule has 2 N–H and O–H groups in total. The molecule has 0 unspecified atom stereocenters. The van der Waals surface area contributed by atoms with Crippen LogP contribution >= 0.6 is 0 Å². The van der Waals surface area contributed by atoms with Gasteiger partial charge in [-0.3, -0.25) is 4.79 Å². The molecule has 2 rings (SSSR count). The number of anilines is 1. The number of likely N-dealkylation sites (N-methyl/N-ethyl adjacent to an activating group) is 1. The first kappa shape index (κ1) is 10.6. The molecule has 1 aromatic heterocycles. The molecule has 0 saturated carbocycles. The monoisotopic (exact) mass is 219 g/mol. The number of carbonyl (C=O) groups excluding carboxylic acids is 1. The molecule has 0 saturated heterocycles. The number of carbonyl (C=O) groups is 1. The Labute approximate surface area is 92.8 Å². The van der Waals surface area contributed by atoms with E-state index < -0.39 is 0 Å². The molecule has 0 bridgehead atoms. The van der Waals surface area contributed by atoms with Crippen LogP contribution in [0.3, 0.4) is 0 Å². The van der Waals surface area contributed by atoms with Crippen LogP contribution in [-0.2, 0) is 4.79 Å². The second-order valence-corrected chi connectivity index (χ2v) is 3.54. The number of oxazole rings is 1. The number of hydrogen-bond acceptors (Lipinski definition) is 4. The van der Waals surface area contributed by atoms with Crippen LogP contribution in [0.2, 0.25) is 0 Å². The normalized spacial score (nSPS) is 10.7. The van der Waals surface area contributed by atoms with Gasteiger partial charge in [0.2, 0.25) is 5.91 Å². The van der Waals surface area contributed by atoms with Gasteiger partial charge in [-0.05, 0) is 18.2 Å². The van der Waals surface area contributed by atoms with Crippen molar-refractivity contribution in [1.29, 1.82) is 0 Å². The highest BCUT2D eigenvalue weighted by Crippen LogP contribution is 2.21. The molecule has 16 heavy (non-hydrogen) atoms. The number of rotatable bonds is 2. The molecule has 0 spiro atoms. The largest absolute Gasteiger partial charge is 0.441 e. The van der Waals surface area contributed by atoms with E-state index in [4.69, 9.17) is 10.2 Å². The molecule has 5 nitrogen and oxygen atoms in total. The fourth-order valence-electron chi connectivity index (χ4n) is 1.52. The Balaban J connectivity index is 2.42. The lowest BCUT2D eigenvalue weighted by molar-refractivity contribution is -0.117. The summed E-state index contributed by atoms with van der Waals surface area (Å²) >= 11 is 0. The third-order valence-corrected chi connectivity index (χ3v) is 2.41. The zero-order valence-electron chi connectivity index (χ0n) is 9.23. The highest BCUT2D eigenvalue weighted by molar-refractivity contribution is 5.95. The zero-order valence-corrected chi connectivity index (χ0v) is 9.23. The van der Waals surface area contributed by atoms with Crippen LogP contribution in [0, 0.1) is 6.92 Å². The number of fused-ring (bicyclic) bond motifs is 1. The quantitative estimate of drug-likeness (QED) is 0.819. The predicted octanol–water partition coefficient (Wildman–Crippen LogP) is 1.06. The molecule has 84 valence electrons. The van der Waals surface area contributed by atoms with Gasteiger partial charge in [-0.2, -0.15) is 0 Å². The minimum absolute atomic E-state index is 0.00756. The minimum atomic E-state index is -0.139. The first-order valence-electron chi connectivity index (χ1n) is 4.95. The molecule has 0 radical (unpaired) electrons. The van der Waals surface area contributed by atoms with E-state index in [2.05, 4.69) is 4.98 Å². The van der Waals surface area contributed by atoms with Crippen LogP contribution in [0.4, 0.5) is 5.69 Å². The highest BCUT2D eigenvalue weighted by atomic mass is 16.3. The van der Waals surface area contributed by atoms with E-state index in [1.807, 2.05) is 0 Å². The van der Waals surface area contributed by atoms with Crippen LogP contribution in [0.1, 0.15) is 5.89 Å². The van der Waals surface area contributed by atoms with Crippen LogP contribution in [-0.4, -0.2) is 24.5 Å². The summed E-state index contributed by atoms with van der Waals surface area (Å²) in [4.78, 5) is 17.1. The van der Waals surface area contributed by atoms with E-state index in [1.54, 1.807) is 32.2 Å². The molecule has 0 aliphatic rings. The summed E-state index contributed by atoms with van der Waals surface area (Å²) in [7, 11) is 1.68. The molecular formula is C11H13N3O2. The molecule has 0 aliphatic heterocycles. The van der Waals surface area contributed by atoms with Crippen LogP contribution < -0.4 is 10.6 Å². The summed E-state index contributed by atoms with van der Waals surface area (Å²) in [5, 5.41) is 0. The Morgan fingerprint density at radius 3 is 3.00 bits per heavy atom. The zero-order chi connectivity index (χ0) is 11.7. The summed E-state index contributed by atoms with van der Waals surface area (Å²) in [5.41, 5.74) is 7.52. The molecule has 5 heteroatoms. The van der Waals surface area contributed by atoms with Gasteiger partial charge < -0.3 is 15.1 Å². The van der Waals surface area contributed by atoms with Gasteiger partial charge in [0.15, 0.2) is 11.5 Å². The van der Waals surface area contributed by atoms with Gasteiger partial charge >= 0.3 is 0 Å². The summed E-state index contributed by atoms with van der Waals surface area (Å²) < 4.78 is 5.35. The Morgan fingerprint density at radius 1 is 1.56 bits per heavy atom. The first-order chi connectivity index (χ1) is 7.61. The van der Waals surface area contributed by atoms with Gasteiger partial charge in [-0.25, -0.2) is 4.98 Å². The van der Waals surface area contributed by atoms with E-state index in [0.717, 1.165) is 16.8 Å². The average Bonchev–Trinajstić information content (AvgIpc) is 2.65. The van der Waals surface area contributed by atoms with Crippen molar-refractivity contribution in [3.05, 3.63) is 24.1 Å². The number of aromatic nitrogens is 1. The first-order valence-corrected chi connectivity index (χ1v) is 4.95. The second-order valence-electron chi connectivity index (χ2n) is 3.54. The van der Waals surface area contributed by atoms with Gasteiger partial charge in [0, 0.05) is 19.7 Å². The molecular weight excluding hydrogens is 206 g/mol. The van der Waals surface area contributed by atoms with Crippen molar-refractivity contribution in [2.75, 3.05) is 18.5 Å². The lowest BCUT2D eigenvalue weighted by Gasteiger charge is -2.15. The van der Waals surface area contributed by atoms with Gasteiger partial charge in [0.1, 0.15) is 5.52 Å². The Morgan fingerprint density at radius 2 is 2.31 bits per heavy atom. The maximum Gasteiger partial charge on any atom is 0.240 e. The van der Waals surface area contributed by atoms with Crippen LogP contribution in [0.15, 0.2) is 22.6 Å². The fraction of sp³-hybridized carbons (Fsp3) is 0.273. The molecule has 1 aromatic carbocycles. The summed E-state index contributed by atoms with van der Waals surface area (Å²) in [6.07, 6.45) is 0. The average molecular weight is 219 g/mol. The van der Waals surface area contributed by atoms with E-state index in [0.29, 0.717) is 5.89 Å². The maximum atomic E-state index is 11.4. The molecule has 2 aromatic rings. The van der Waals surface area contributed by atoms with Crippen LogP contribution in [0.5, 0.6) is 0 Å². The fourth-order valence-corrected chi connectivity index (χ4v) is 1.52. The summed E-state index contributed by atoms with van der Waals surface area (Å²) in [6.45, 7) is 1.78. The molecule has 1 amide bonds. The van der Waals surface area contributed by atoms with Crippen molar-refractivity contribution < 1.29 is 9.21 Å². The third-order valence-electron chi connectivity index (χ3n) is 2.41. The molecule has 1 heterocycles. The van der Waals surface area contributed by atoms with Gasteiger partial charge in [-0.15, -0.1) is 0 Å². The van der Waals surface area contributed by atoms with Gasteiger partial charge in [-0.1, -0.05) is 0 Å². The highest BCUT2D eigenvalue weighted by Gasteiger charge is 2.10. The number of aryl methyl sites for hydroxylation is 1. The lowest BCUT2D eigenvalue weighted by Crippen LogP contribution is -2.32. The van der Waals surface area contributed by atoms with Crippen molar-refractivity contribution in [3.63, 3.8) is 0 Å². The van der Waals surface area contributed by atoms with E-state index in [1.165, 1.54) is 4.90 Å². The van der Waals surface area contributed by atoms with Crippen molar-refractivity contribution in [3.8, 4) is 0 Å². The lowest BCUT2D eigenvalue weighted by atomic mass is 10.2. The van der Waals surface area contributed by atoms with E-state index in [9.17, 15) is 4.79 Å². The van der Waals surface area contributed by atoms with Crippen molar-refractivity contribution in [1.82, 2.24) is 4.98 Å². The summed E-state index contributed by atoms with van der Waals surface area (Å²) in [5.74, 6) is 0.472. The topological polar surface area (TPSA) is 72.4 Å². The standard InChI is InChI=1S/C11H13N3O2/c1-7-13-9-5-8(3-4-10(9)16-7)14(2)11(15)6-12/h3-5H,6,12H2,1-2H3. The van der Waals surface area contributed by atoms with E-state index >= 15 is 0 Å². The molecule has 0 fully saturated rings. The smallest absolute Gasteiger partial charge is 0.240 e. The third kappa shape index (κ3) is 1.77. The van der Waals surface area contributed by atoms with E-state index in [-0.39, 0.29) is 12.5 Å². The molecule has 0 aliphatic carbocycles. The number of hydrogen-bond donors (Lipinski definition) is 1. The van der Waals surface area contributed by atoms with Crippen molar-refractivity contribution in [2.24, 2.45) is 5.73 Å². The number of benzene rings is 1. The maximum absolute atomic E-state index is 11.4. The molecule has 0 atom stereocenters. The Hall–Kier alpha value is -1.88. The van der Waals surface area contributed by atoms with Gasteiger partial charge in [0.05, 0.1) is 6.54 Å². The number of amides is 1. The number of nitrogens with two attached hydrogens (primary N) is 1. The Kier molecular flexibility index (Phi) is 2.62. The SMILES string of the molecule is Cc1nc2cc(N(C)C(=O)CN)ccc2o1. The van der Waals surface area contributed by atoms with Crippen molar-refractivity contribution >= 4 is 22.7 Å². The second kappa shape index (κ2) is 3.94. The number of nitrogens with zero attached hydrogens (tertiary/aromatic N) is 2. The predicted molar refractivity (Wildman–Crippen MR) is 61.2 cm³/mol. The van der Waals surface area contributed by atoms with Crippen LogP contribution in [0.25, 0.3) is 11.1 Å².